The Labute approximate surface area is 317 Å². The molecule has 6 rings (SSSR count). The number of rotatable bonds is 3. The second-order valence-corrected chi connectivity index (χ2v) is 19.0. The van der Waals surface area contributed by atoms with Crippen LogP contribution in [0.5, 0.6) is 5.75 Å². The normalized spacial score (nSPS) is 10.8. The number of benzene rings is 4. The van der Waals surface area contributed by atoms with E-state index in [4.69, 9.17) is 21.8 Å². The Kier molecular flexibility index (Phi) is 15.2. The molecule has 0 N–H and O–H groups in total. The fourth-order valence-electron chi connectivity index (χ4n) is 6.65. The molecule has 5 heteroatoms. The van der Waals surface area contributed by atoms with Gasteiger partial charge < -0.3 is 4.74 Å². The van der Waals surface area contributed by atoms with Gasteiger partial charge in [0.05, 0.1) is 7.11 Å². The summed E-state index contributed by atoms with van der Waals surface area (Å²) in [6, 6.07) is 29.5. The van der Waals surface area contributed by atoms with Gasteiger partial charge in [0, 0.05) is 9.52 Å². The van der Waals surface area contributed by atoms with Gasteiger partial charge in [-0.3, -0.25) is 0 Å². The molecule has 0 aliphatic carbocycles. The van der Waals surface area contributed by atoms with Crippen LogP contribution >= 0.6 is 17.0 Å². The number of halogens is 2. The van der Waals surface area contributed by atoms with E-state index in [1.54, 1.807) is 7.11 Å². The Bertz CT molecular complexity index is 1970. The van der Waals surface area contributed by atoms with Gasteiger partial charge in [0.15, 0.2) is 0 Å². The third kappa shape index (κ3) is 10.8. The van der Waals surface area contributed by atoms with Gasteiger partial charge in [-0.25, -0.2) is 0 Å². The van der Waals surface area contributed by atoms with E-state index < -0.39 is 20.8 Å². The maximum absolute atomic E-state index is 5.95. The van der Waals surface area contributed by atoms with Crippen molar-refractivity contribution >= 4 is 48.1 Å². The van der Waals surface area contributed by atoms with Crippen LogP contribution in [-0.2, 0) is 26.3 Å². The summed E-state index contributed by atoms with van der Waals surface area (Å²) >= 11 is -0.826. The zero-order chi connectivity index (χ0) is 36.6. The van der Waals surface area contributed by atoms with Gasteiger partial charge >= 0.3 is 37.9 Å². The van der Waals surface area contributed by atoms with Crippen LogP contribution in [0.2, 0.25) is 13.1 Å². The van der Waals surface area contributed by atoms with Crippen molar-refractivity contribution in [3.05, 3.63) is 123 Å². The van der Waals surface area contributed by atoms with Gasteiger partial charge in [-0.2, -0.15) is 12.1 Å². The molecule has 1 nitrogen and oxygen atoms in total. The SMILES string of the molecule is COc1c(C(C)(C)C)cc2[cH-]c(C)cc2c1-c1cc(C)cc(C)c1.C[Si]C.Cc1cc(C)cc(-c2cc(C)cc3[cH-]c(C)cc23)c1.[Cl][Zr+2][Cl]. The first-order valence-electron chi connectivity index (χ1n) is 16.7. The maximum atomic E-state index is 5.95. The van der Waals surface area contributed by atoms with Crippen LogP contribution in [0, 0.1) is 48.5 Å². The van der Waals surface area contributed by atoms with E-state index in [9.17, 15) is 0 Å². The molecule has 0 fully saturated rings. The number of aryl methyl sites for hydroxylation is 7. The molecular formula is C44H52Cl2OSiZr. The molecule has 0 aliphatic rings. The standard InChI is InChI=1S/C23H27O.C19H19.C2H6Si.2ClH.Zr/c1-14-8-15(2)11-18(10-14)21-19-12-16(3)9-17(19)13-20(22(21)24-7)23(4,5)6;1-12-5-13(2)7-16(6-12)18-10-14(3)8-17-9-15(4)11-19(17)18;1-3-2;;;/h8-13H,1-7H3;5-11H,1-4H3;1-2H3;2*1H;/q2*-1;;;;+4/p-2. The van der Waals surface area contributed by atoms with Crippen LogP contribution in [0.15, 0.2) is 78.9 Å². The van der Waals surface area contributed by atoms with E-state index in [1.807, 2.05) is 0 Å². The second-order valence-electron chi connectivity index (χ2n) is 14.3. The van der Waals surface area contributed by atoms with Crippen LogP contribution in [-0.4, -0.2) is 16.6 Å². The molecule has 0 unspecified atom stereocenters. The zero-order valence-electron chi connectivity index (χ0n) is 31.7. The van der Waals surface area contributed by atoms with Crippen molar-refractivity contribution in [1.82, 2.24) is 0 Å². The Balaban J connectivity index is 0.000000233. The third-order valence-electron chi connectivity index (χ3n) is 8.27. The van der Waals surface area contributed by atoms with Crippen molar-refractivity contribution < 1.29 is 25.6 Å². The molecule has 0 spiro atoms. The average molecular weight is 787 g/mol. The molecule has 0 aliphatic heterocycles. The van der Waals surface area contributed by atoms with Crippen molar-refractivity contribution in [3.8, 4) is 28.0 Å². The molecular weight excluding hydrogens is 735 g/mol. The molecule has 49 heavy (non-hydrogen) atoms. The van der Waals surface area contributed by atoms with Gasteiger partial charge in [-0.05, 0) is 62.3 Å². The van der Waals surface area contributed by atoms with Gasteiger partial charge in [-0.1, -0.05) is 124 Å². The van der Waals surface area contributed by atoms with Crippen molar-refractivity contribution in [2.45, 2.75) is 87.7 Å². The van der Waals surface area contributed by atoms with E-state index >= 15 is 0 Å². The molecule has 6 aromatic carbocycles. The van der Waals surface area contributed by atoms with E-state index in [-0.39, 0.29) is 5.41 Å². The van der Waals surface area contributed by atoms with E-state index in [0.717, 1.165) is 15.3 Å². The monoisotopic (exact) mass is 784 g/mol. The topological polar surface area (TPSA) is 9.23 Å². The molecule has 0 atom stereocenters. The van der Waals surface area contributed by atoms with Gasteiger partial charge in [0.1, 0.15) is 5.75 Å². The molecule has 2 radical (unpaired) electrons. The summed E-state index contributed by atoms with van der Waals surface area (Å²) < 4.78 is 5.95. The van der Waals surface area contributed by atoms with Gasteiger partial charge in [-0.15, -0.1) is 56.9 Å². The first-order valence-corrected chi connectivity index (χ1v) is 25.1. The molecule has 6 aromatic rings. The number of hydrogen-bond acceptors (Lipinski definition) is 1. The summed E-state index contributed by atoms with van der Waals surface area (Å²) in [6.45, 7) is 26.2. The van der Waals surface area contributed by atoms with Gasteiger partial charge in [0.25, 0.3) is 0 Å². The van der Waals surface area contributed by atoms with Crippen molar-refractivity contribution in [1.29, 1.82) is 0 Å². The number of ether oxygens (including phenoxy) is 1. The number of hydrogen-bond donors (Lipinski definition) is 0. The average Bonchev–Trinajstić information content (AvgIpc) is 3.55. The van der Waals surface area contributed by atoms with E-state index in [0.29, 0.717) is 0 Å². The second kappa shape index (κ2) is 18.2. The summed E-state index contributed by atoms with van der Waals surface area (Å²) in [5, 5.41) is 5.30. The van der Waals surface area contributed by atoms with Crippen molar-refractivity contribution in [2.24, 2.45) is 0 Å². The van der Waals surface area contributed by atoms with E-state index in [2.05, 4.69) is 161 Å². The molecule has 0 aromatic heterocycles. The quantitative estimate of drug-likeness (QED) is 0.128. The van der Waals surface area contributed by atoms with Crippen LogP contribution in [0.3, 0.4) is 0 Å². The van der Waals surface area contributed by atoms with Crippen LogP contribution < -0.4 is 4.74 Å². The van der Waals surface area contributed by atoms with Crippen molar-refractivity contribution in [3.63, 3.8) is 0 Å². The third-order valence-corrected chi connectivity index (χ3v) is 8.27. The molecule has 0 saturated carbocycles. The fraction of sp³-hybridized carbons (Fsp3) is 0.318. The minimum atomic E-state index is -0.826. The Morgan fingerprint density at radius 3 is 1.45 bits per heavy atom. The van der Waals surface area contributed by atoms with Crippen LogP contribution in [0.25, 0.3) is 43.8 Å². The summed E-state index contributed by atoms with van der Waals surface area (Å²) in [6.07, 6.45) is 0. The summed E-state index contributed by atoms with van der Waals surface area (Å²) in [5.74, 6) is 1.01. The van der Waals surface area contributed by atoms with Crippen LogP contribution in [0.1, 0.15) is 65.3 Å². The molecule has 0 saturated heterocycles. The van der Waals surface area contributed by atoms with Crippen LogP contribution in [0.4, 0.5) is 0 Å². The number of methoxy groups -OCH3 is 1. The van der Waals surface area contributed by atoms with Gasteiger partial charge in [0.2, 0.25) is 0 Å². The summed E-state index contributed by atoms with van der Waals surface area (Å²) in [5.41, 5.74) is 15.6. The zero-order valence-corrected chi connectivity index (χ0v) is 36.6. The molecule has 0 heterocycles. The Hall–Kier alpha value is -2.42. The fourth-order valence-corrected chi connectivity index (χ4v) is 6.65. The predicted octanol–water partition coefficient (Wildman–Crippen LogP) is 14.1. The predicted molar refractivity (Wildman–Crippen MR) is 218 cm³/mol. The summed E-state index contributed by atoms with van der Waals surface area (Å²) in [4.78, 5) is 0. The molecule has 256 valence electrons. The molecule has 0 bridgehead atoms. The first kappa shape index (κ1) is 41.0. The Morgan fingerprint density at radius 1 is 0.592 bits per heavy atom. The van der Waals surface area contributed by atoms with Crippen molar-refractivity contribution in [2.75, 3.05) is 7.11 Å². The summed E-state index contributed by atoms with van der Waals surface area (Å²) in [7, 11) is 12.7. The molecule has 0 amide bonds. The minimum absolute atomic E-state index is 0.0261. The number of fused-ring (bicyclic) bond motifs is 2. The van der Waals surface area contributed by atoms with E-state index in [1.165, 1.54) is 88.3 Å². The Morgan fingerprint density at radius 2 is 1.00 bits per heavy atom. The first-order chi connectivity index (χ1) is 23.1.